The highest BCUT2D eigenvalue weighted by atomic mass is 16.5. The van der Waals surface area contributed by atoms with Crippen LogP contribution in [0.3, 0.4) is 0 Å². The van der Waals surface area contributed by atoms with Gasteiger partial charge in [0.15, 0.2) is 0 Å². The van der Waals surface area contributed by atoms with E-state index in [9.17, 15) is 5.11 Å². The maximum Gasteiger partial charge on any atom is 0.0934 e. The Morgan fingerprint density at radius 1 is 1.23 bits per heavy atom. The Hall–Kier alpha value is -0.880. The van der Waals surface area contributed by atoms with Gasteiger partial charge in [0.05, 0.1) is 17.4 Å². The number of hydrogen-bond acceptors (Lipinski definition) is 5. The minimum Gasteiger partial charge on any atom is -0.396 e. The number of fused-ring (bicyclic) bond motifs is 1. The zero-order valence-electron chi connectivity index (χ0n) is 18.8. The van der Waals surface area contributed by atoms with Crippen LogP contribution >= 0.6 is 0 Å². The Kier molecular flexibility index (Phi) is 5.13. The molecule has 5 nitrogen and oxygen atoms in total. The lowest BCUT2D eigenvalue weighted by Gasteiger charge is -2.71. The van der Waals surface area contributed by atoms with Crippen molar-refractivity contribution in [3.8, 4) is 0 Å². The van der Waals surface area contributed by atoms with E-state index < -0.39 is 0 Å². The molecule has 2 saturated heterocycles. The van der Waals surface area contributed by atoms with Gasteiger partial charge in [0, 0.05) is 30.2 Å². The van der Waals surface area contributed by atoms with Crippen LogP contribution in [0.1, 0.15) is 71.6 Å². The van der Waals surface area contributed by atoms with Crippen LogP contribution in [-0.4, -0.2) is 34.6 Å². The molecule has 4 bridgehead atoms. The molecule has 6 rings (SSSR count). The van der Waals surface area contributed by atoms with Crippen molar-refractivity contribution >= 4 is 0 Å². The molecule has 0 aromatic rings. The lowest BCUT2D eigenvalue weighted by atomic mass is 9.44. The summed E-state index contributed by atoms with van der Waals surface area (Å²) in [6.45, 7) is 4.76. The van der Waals surface area contributed by atoms with Crippen molar-refractivity contribution in [2.45, 2.75) is 94.5 Å². The highest BCUT2D eigenvalue weighted by Gasteiger charge is 2.69. The third-order valence-electron chi connectivity index (χ3n) is 9.38. The fraction of sp³-hybridized carbons (Fsp3) is 0.840. The first kappa shape index (κ1) is 21.0. The second-order valence-corrected chi connectivity index (χ2v) is 11.7. The van der Waals surface area contributed by atoms with E-state index in [0.29, 0.717) is 23.7 Å². The molecule has 8 atom stereocenters. The molecular weight excluding hydrogens is 374 g/mol. The molecule has 3 aliphatic heterocycles. The van der Waals surface area contributed by atoms with E-state index in [4.69, 9.17) is 16.2 Å². The van der Waals surface area contributed by atoms with Crippen LogP contribution in [0.5, 0.6) is 0 Å². The number of hydrogen-bond donors (Lipinski definition) is 4. The number of rotatable bonds is 4. The third kappa shape index (κ3) is 3.28. The number of dihydropyridines is 1. The maximum absolute atomic E-state index is 10.2. The van der Waals surface area contributed by atoms with Crippen LogP contribution in [0.4, 0.5) is 0 Å². The molecule has 0 aromatic heterocycles. The Morgan fingerprint density at radius 3 is 2.80 bits per heavy atom. The topological polar surface area (TPSA) is 93.5 Å². The van der Waals surface area contributed by atoms with Crippen LogP contribution in [0, 0.1) is 29.6 Å². The summed E-state index contributed by atoms with van der Waals surface area (Å²) in [4.78, 5) is 0. The molecule has 3 heterocycles. The van der Waals surface area contributed by atoms with Crippen LogP contribution in [0.25, 0.3) is 0 Å². The van der Waals surface area contributed by atoms with Crippen LogP contribution in [0.15, 0.2) is 23.9 Å². The second-order valence-electron chi connectivity index (χ2n) is 11.7. The molecule has 0 spiro atoms. The molecule has 168 valence electrons. The Balaban J connectivity index is 1.38. The first-order valence-electron chi connectivity index (χ1n) is 12.2. The Morgan fingerprint density at radius 2 is 2.07 bits per heavy atom. The van der Waals surface area contributed by atoms with E-state index in [1.807, 2.05) is 0 Å². The maximum atomic E-state index is 10.2. The van der Waals surface area contributed by atoms with E-state index in [1.165, 1.54) is 44.1 Å². The van der Waals surface area contributed by atoms with Gasteiger partial charge in [-0.3, -0.25) is 0 Å². The molecule has 0 amide bonds. The standard InChI is InChI=1S/C25H41N3O2/c1-23(2)22-18-7-8-20(14-29)25(22,27)15-24(12-18,30-23)19-5-3-4-16(11-19)10-17-6-9-21(26)28-13-17/h6,9,13,16,18-22,28-29H,3-5,7-8,10-12,14-15,26-27H2,1-2H3/t16-,18+,19+,20-,21?,22+,24+,25-/m1/s1. The van der Waals surface area contributed by atoms with Gasteiger partial charge in [-0.1, -0.05) is 18.9 Å². The number of allylic oxidation sites excluding steroid dienone is 2. The predicted molar refractivity (Wildman–Crippen MR) is 119 cm³/mol. The molecule has 0 radical (unpaired) electrons. The monoisotopic (exact) mass is 415 g/mol. The Bertz CT molecular complexity index is 734. The third-order valence-corrected chi connectivity index (χ3v) is 9.38. The fourth-order valence-corrected chi connectivity index (χ4v) is 8.54. The zero-order chi connectivity index (χ0) is 21.1. The fourth-order valence-electron chi connectivity index (χ4n) is 8.54. The van der Waals surface area contributed by atoms with E-state index in [-0.39, 0.29) is 35.4 Å². The van der Waals surface area contributed by atoms with Crippen molar-refractivity contribution < 1.29 is 9.84 Å². The minimum absolute atomic E-state index is 0.0561. The SMILES string of the molecule is CC1(C)O[C@@]2([C@H]3CCC[C@H](CC4=CNC(N)C=C4)C3)C[C@@H]3CC[C@H](CO)[C@](N)(C2)[C@@H]31. The average molecular weight is 416 g/mol. The minimum atomic E-state index is -0.278. The van der Waals surface area contributed by atoms with Crippen molar-refractivity contribution in [2.24, 2.45) is 41.1 Å². The lowest BCUT2D eigenvalue weighted by molar-refractivity contribution is -0.321. The summed E-state index contributed by atoms with van der Waals surface area (Å²) in [5.74, 6) is 2.49. The van der Waals surface area contributed by atoms with Gasteiger partial charge in [-0.05, 0) is 88.2 Å². The number of ether oxygens (including phenoxy) is 1. The first-order valence-corrected chi connectivity index (χ1v) is 12.2. The first-order chi connectivity index (χ1) is 14.3. The molecule has 0 aromatic carbocycles. The van der Waals surface area contributed by atoms with Crippen molar-refractivity contribution in [1.82, 2.24) is 5.32 Å². The summed E-state index contributed by atoms with van der Waals surface area (Å²) in [7, 11) is 0. The molecule has 6 aliphatic rings. The second kappa shape index (κ2) is 7.33. The summed E-state index contributed by atoms with van der Waals surface area (Å²) in [5, 5.41) is 13.4. The molecule has 5 heteroatoms. The molecular formula is C25H41N3O2. The van der Waals surface area contributed by atoms with Gasteiger partial charge in [0.2, 0.25) is 0 Å². The average Bonchev–Trinajstić information content (AvgIpc) is 2.68. The van der Waals surface area contributed by atoms with Gasteiger partial charge < -0.3 is 26.6 Å². The number of aliphatic hydroxyl groups is 1. The Labute approximate surface area is 181 Å². The summed E-state index contributed by atoms with van der Waals surface area (Å²) in [5.41, 5.74) is 13.9. The molecule has 3 aliphatic carbocycles. The van der Waals surface area contributed by atoms with Gasteiger partial charge >= 0.3 is 0 Å². The van der Waals surface area contributed by atoms with Crippen LogP contribution in [0.2, 0.25) is 0 Å². The predicted octanol–water partition coefficient (Wildman–Crippen LogP) is 3.18. The summed E-state index contributed by atoms with van der Waals surface area (Å²) in [6, 6.07) is 0. The lowest BCUT2D eigenvalue weighted by Crippen LogP contribution is -2.78. The number of nitrogens with two attached hydrogens (primary N) is 2. The van der Waals surface area contributed by atoms with Crippen LogP contribution in [-0.2, 0) is 4.74 Å². The normalized spacial score (nSPS) is 49.4. The van der Waals surface area contributed by atoms with Gasteiger partial charge in [0.25, 0.3) is 0 Å². The molecule has 30 heavy (non-hydrogen) atoms. The van der Waals surface area contributed by atoms with Crippen molar-refractivity contribution in [1.29, 1.82) is 0 Å². The van der Waals surface area contributed by atoms with Gasteiger partial charge in [-0.15, -0.1) is 0 Å². The van der Waals surface area contributed by atoms with Gasteiger partial charge in [-0.2, -0.15) is 0 Å². The van der Waals surface area contributed by atoms with Gasteiger partial charge in [-0.25, -0.2) is 0 Å². The van der Waals surface area contributed by atoms with E-state index in [1.54, 1.807) is 0 Å². The molecule has 1 unspecified atom stereocenters. The summed E-state index contributed by atoms with van der Waals surface area (Å²) < 4.78 is 7.03. The summed E-state index contributed by atoms with van der Waals surface area (Å²) >= 11 is 0. The van der Waals surface area contributed by atoms with Gasteiger partial charge in [0.1, 0.15) is 0 Å². The number of nitrogens with one attached hydrogen (secondary N) is 1. The number of aliphatic hydroxyl groups excluding tert-OH is 1. The van der Waals surface area contributed by atoms with Crippen molar-refractivity contribution in [3.05, 3.63) is 23.9 Å². The summed E-state index contributed by atoms with van der Waals surface area (Å²) in [6.07, 6.45) is 16.8. The zero-order valence-corrected chi connectivity index (χ0v) is 18.8. The van der Waals surface area contributed by atoms with E-state index in [2.05, 4.69) is 37.5 Å². The smallest absolute Gasteiger partial charge is 0.0934 e. The highest BCUT2D eigenvalue weighted by molar-refractivity contribution is 5.25. The molecule has 6 N–H and O–H groups in total. The van der Waals surface area contributed by atoms with E-state index in [0.717, 1.165) is 19.3 Å². The quantitative estimate of drug-likeness (QED) is 0.566. The largest absolute Gasteiger partial charge is 0.396 e. The van der Waals surface area contributed by atoms with Crippen molar-refractivity contribution in [3.63, 3.8) is 0 Å². The van der Waals surface area contributed by atoms with Crippen LogP contribution < -0.4 is 16.8 Å². The molecule has 3 saturated carbocycles. The molecule has 5 fully saturated rings. The highest BCUT2D eigenvalue weighted by Crippen LogP contribution is 2.65. The van der Waals surface area contributed by atoms with E-state index >= 15 is 0 Å². The van der Waals surface area contributed by atoms with Crippen molar-refractivity contribution in [2.75, 3.05) is 6.61 Å².